The standard InChI is InChI=1S/C30H35F6N3O2S/c1-20(2)19-38-12-10-22(11-13-38)37-23-4-3-5-24(18-23)42-25-8-6-21(7-9-26(40)39-14-16-41-17-15-39)27(29(31,32)33)28(25)30(34,35)36/h3-9,18,20,22,37H,10-17,19H2,1-2H3/b9-7+. The van der Waals surface area contributed by atoms with Crippen LogP contribution in [0.15, 0.2) is 52.3 Å². The van der Waals surface area contributed by atoms with Crippen LogP contribution in [-0.4, -0.2) is 67.7 Å². The molecule has 0 aliphatic carbocycles. The smallest absolute Gasteiger partial charge is 0.382 e. The van der Waals surface area contributed by atoms with Gasteiger partial charge in [-0.3, -0.25) is 4.79 Å². The highest BCUT2D eigenvalue weighted by Gasteiger charge is 2.46. The number of morpholine rings is 1. The highest BCUT2D eigenvalue weighted by atomic mass is 32.2. The number of amides is 1. The fourth-order valence-electron chi connectivity index (χ4n) is 5.25. The first kappa shape index (κ1) is 32.2. The topological polar surface area (TPSA) is 44.8 Å². The molecule has 1 N–H and O–H groups in total. The maximum Gasteiger partial charge on any atom is 0.418 e. The summed E-state index contributed by atoms with van der Waals surface area (Å²) in [4.78, 5) is 16.0. The van der Waals surface area contributed by atoms with E-state index in [9.17, 15) is 31.1 Å². The normalized spacial score (nSPS) is 17.8. The summed E-state index contributed by atoms with van der Waals surface area (Å²) in [6.07, 6.45) is -7.07. The molecule has 230 valence electrons. The van der Waals surface area contributed by atoms with Crippen LogP contribution < -0.4 is 5.32 Å². The van der Waals surface area contributed by atoms with Crippen LogP contribution in [0.3, 0.4) is 0 Å². The summed E-state index contributed by atoms with van der Waals surface area (Å²) in [5.74, 6) is -0.0151. The molecule has 42 heavy (non-hydrogen) atoms. The second-order valence-corrected chi connectivity index (χ2v) is 12.0. The Bertz CT molecular complexity index is 1250. The van der Waals surface area contributed by atoms with Crippen LogP contribution in [0, 0.1) is 5.92 Å². The molecule has 4 rings (SSSR count). The predicted octanol–water partition coefficient (Wildman–Crippen LogP) is 7.28. The highest BCUT2D eigenvalue weighted by molar-refractivity contribution is 7.99. The third-order valence-corrected chi connectivity index (χ3v) is 8.19. The van der Waals surface area contributed by atoms with Gasteiger partial charge >= 0.3 is 12.4 Å². The minimum atomic E-state index is -5.31. The molecule has 0 atom stereocenters. The molecule has 0 radical (unpaired) electrons. The van der Waals surface area contributed by atoms with Crippen molar-refractivity contribution in [3.63, 3.8) is 0 Å². The van der Waals surface area contributed by atoms with Gasteiger partial charge in [0.15, 0.2) is 0 Å². The van der Waals surface area contributed by atoms with E-state index in [0.29, 0.717) is 28.3 Å². The van der Waals surface area contributed by atoms with E-state index in [4.69, 9.17) is 4.74 Å². The molecule has 0 spiro atoms. The number of ether oxygens (including phenoxy) is 1. The van der Waals surface area contributed by atoms with Crippen LogP contribution in [0.1, 0.15) is 43.4 Å². The molecule has 5 nitrogen and oxygen atoms in total. The molecule has 12 heteroatoms. The van der Waals surface area contributed by atoms with E-state index in [1.807, 2.05) is 0 Å². The van der Waals surface area contributed by atoms with Crippen molar-refractivity contribution in [2.24, 2.45) is 5.92 Å². The minimum absolute atomic E-state index is 0.197. The molecule has 2 aliphatic rings. The number of likely N-dealkylation sites (tertiary alicyclic amines) is 1. The number of halogens is 6. The summed E-state index contributed by atoms with van der Waals surface area (Å²) in [6, 6.07) is 8.92. The number of carbonyl (C=O) groups excluding carboxylic acids is 1. The molecule has 2 aromatic rings. The first-order valence-electron chi connectivity index (χ1n) is 13.9. The van der Waals surface area contributed by atoms with E-state index in [-0.39, 0.29) is 32.3 Å². The average molecular weight is 616 g/mol. The molecule has 2 heterocycles. The first-order chi connectivity index (χ1) is 19.8. The lowest BCUT2D eigenvalue weighted by Crippen LogP contribution is -2.40. The number of hydrogen-bond donors (Lipinski definition) is 1. The van der Waals surface area contributed by atoms with Crippen LogP contribution >= 0.6 is 11.8 Å². The number of nitrogens with zero attached hydrogens (tertiary/aromatic N) is 2. The van der Waals surface area contributed by atoms with Crippen molar-refractivity contribution in [1.82, 2.24) is 9.80 Å². The van der Waals surface area contributed by atoms with Gasteiger partial charge in [0, 0.05) is 60.3 Å². The van der Waals surface area contributed by atoms with Gasteiger partial charge < -0.3 is 19.9 Å². The van der Waals surface area contributed by atoms with Crippen molar-refractivity contribution in [2.45, 2.75) is 54.9 Å². The summed E-state index contributed by atoms with van der Waals surface area (Å²) in [5, 5.41) is 3.43. The molecule has 0 unspecified atom stereocenters. The molecule has 0 saturated carbocycles. The van der Waals surface area contributed by atoms with Gasteiger partial charge in [-0.15, -0.1) is 0 Å². The van der Waals surface area contributed by atoms with Crippen LogP contribution in [0.5, 0.6) is 0 Å². The number of hydrogen-bond acceptors (Lipinski definition) is 5. The Morgan fingerprint density at radius 3 is 2.29 bits per heavy atom. The van der Waals surface area contributed by atoms with Gasteiger partial charge in [-0.05, 0) is 54.7 Å². The zero-order chi connectivity index (χ0) is 30.5. The third kappa shape index (κ3) is 8.67. The Labute approximate surface area is 246 Å². The van der Waals surface area contributed by atoms with Gasteiger partial charge in [0.25, 0.3) is 0 Å². The van der Waals surface area contributed by atoms with Gasteiger partial charge in [0.05, 0.1) is 24.3 Å². The van der Waals surface area contributed by atoms with E-state index in [1.165, 1.54) is 4.90 Å². The van der Waals surface area contributed by atoms with E-state index >= 15 is 0 Å². The van der Waals surface area contributed by atoms with Gasteiger partial charge in [-0.2, -0.15) is 26.3 Å². The number of piperidine rings is 1. The SMILES string of the molecule is CC(C)CN1CCC(Nc2cccc(Sc3ccc(/C=C/C(=O)N4CCOCC4)c(C(F)(F)F)c3C(F)(F)F)c2)CC1. The molecular weight excluding hydrogens is 580 g/mol. The van der Waals surface area contributed by atoms with E-state index < -0.39 is 39.8 Å². The lowest BCUT2D eigenvalue weighted by atomic mass is 9.99. The zero-order valence-electron chi connectivity index (χ0n) is 23.5. The number of nitrogens with one attached hydrogen (secondary N) is 1. The van der Waals surface area contributed by atoms with Crippen molar-refractivity contribution in [3.8, 4) is 0 Å². The van der Waals surface area contributed by atoms with Gasteiger partial charge in [0.2, 0.25) is 5.91 Å². The Morgan fingerprint density at radius 2 is 1.67 bits per heavy atom. The average Bonchev–Trinajstić information content (AvgIpc) is 2.92. The largest absolute Gasteiger partial charge is 0.418 e. The van der Waals surface area contributed by atoms with Crippen molar-refractivity contribution < 1.29 is 35.9 Å². The fourth-order valence-corrected chi connectivity index (χ4v) is 6.29. The Morgan fingerprint density at radius 1 is 1.00 bits per heavy atom. The van der Waals surface area contributed by atoms with Crippen LogP contribution in [-0.2, 0) is 21.9 Å². The lowest BCUT2D eigenvalue weighted by molar-refractivity contribution is -0.163. The zero-order valence-corrected chi connectivity index (χ0v) is 24.3. The molecule has 2 aliphatic heterocycles. The minimum Gasteiger partial charge on any atom is -0.382 e. The maximum absolute atomic E-state index is 14.3. The number of anilines is 1. The molecule has 2 saturated heterocycles. The summed E-state index contributed by atoms with van der Waals surface area (Å²) < 4.78 is 90.5. The van der Waals surface area contributed by atoms with Crippen molar-refractivity contribution in [3.05, 3.63) is 59.2 Å². The summed E-state index contributed by atoms with van der Waals surface area (Å²) in [6.45, 7) is 8.33. The maximum atomic E-state index is 14.3. The molecule has 0 aromatic heterocycles. The van der Waals surface area contributed by atoms with E-state index in [1.54, 1.807) is 24.3 Å². The number of carbonyl (C=O) groups is 1. The Hall–Kier alpha value is -2.70. The number of benzene rings is 2. The van der Waals surface area contributed by atoms with Gasteiger partial charge in [-0.25, -0.2) is 0 Å². The van der Waals surface area contributed by atoms with E-state index in [0.717, 1.165) is 56.8 Å². The second-order valence-electron chi connectivity index (χ2n) is 10.9. The summed E-state index contributed by atoms with van der Waals surface area (Å²) in [7, 11) is 0. The quantitative estimate of drug-likeness (QED) is 0.250. The Balaban J connectivity index is 1.57. The Kier molecular flexibility index (Phi) is 10.5. The molecule has 1 amide bonds. The van der Waals surface area contributed by atoms with Crippen LogP contribution in [0.4, 0.5) is 32.0 Å². The highest BCUT2D eigenvalue weighted by Crippen LogP contribution is 2.48. The van der Waals surface area contributed by atoms with Gasteiger partial charge in [-0.1, -0.05) is 37.7 Å². The number of rotatable bonds is 8. The third-order valence-electron chi connectivity index (χ3n) is 7.14. The van der Waals surface area contributed by atoms with Crippen molar-refractivity contribution in [2.75, 3.05) is 51.3 Å². The summed E-state index contributed by atoms with van der Waals surface area (Å²) >= 11 is 0.629. The monoisotopic (exact) mass is 615 g/mol. The molecule has 2 fully saturated rings. The van der Waals surface area contributed by atoms with Crippen LogP contribution in [0.25, 0.3) is 6.08 Å². The number of alkyl halides is 6. The van der Waals surface area contributed by atoms with Gasteiger partial charge in [0.1, 0.15) is 0 Å². The van der Waals surface area contributed by atoms with Crippen LogP contribution in [0.2, 0.25) is 0 Å². The lowest BCUT2D eigenvalue weighted by Gasteiger charge is -2.33. The summed E-state index contributed by atoms with van der Waals surface area (Å²) in [5.41, 5.74) is -3.60. The second kappa shape index (κ2) is 13.7. The fraction of sp³-hybridized carbons (Fsp3) is 0.500. The predicted molar refractivity (Wildman–Crippen MR) is 151 cm³/mol. The van der Waals surface area contributed by atoms with Crippen molar-refractivity contribution >= 4 is 29.4 Å². The van der Waals surface area contributed by atoms with E-state index in [2.05, 4.69) is 24.1 Å². The van der Waals surface area contributed by atoms with Crippen molar-refractivity contribution in [1.29, 1.82) is 0 Å². The molecule has 2 aromatic carbocycles. The first-order valence-corrected chi connectivity index (χ1v) is 14.8. The molecular formula is C30H35F6N3O2S. The molecule has 0 bridgehead atoms.